The maximum absolute atomic E-state index is 9.13. The molecule has 4 saturated carbocycles. The highest BCUT2D eigenvalue weighted by Gasteiger charge is 2.55. The molecule has 0 spiro atoms. The highest BCUT2D eigenvalue weighted by atomic mass is 32.2. The minimum atomic E-state index is 0.293. The quantitative estimate of drug-likeness (QED) is 0.457. The summed E-state index contributed by atoms with van der Waals surface area (Å²) in [6.45, 7) is 3.49. The van der Waals surface area contributed by atoms with E-state index in [2.05, 4.69) is 21.7 Å². The Labute approximate surface area is 143 Å². The Balaban J connectivity index is 1.65. The summed E-state index contributed by atoms with van der Waals surface area (Å²) in [5, 5.41) is 18.4. The number of hydrogen-bond donors (Lipinski definition) is 2. The van der Waals surface area contributed by atoms with Gasteiger partial charge in [-0.25, -0.2) is 4.57 Å². The molecule has 2 N–H and O–H groups in total. The molecule has 1 aromatic rings. The zero-order chi connectivity index (χ0) is 15.9. The second-order valence-electron chi connectivity index (χ2n) is 8.07. The molecule has 0 radical (unpaired) electrons. The van der Waals surface area contributed by atoms with Gasteiger partial charge < -0.3 is 5.11 Å². The molecular weight excluding hydrogens is 306 g/mol. The summed E-state index contributed by atoms with van der Waals surface area (Å²) in [7, 11) is 0. The van der Waals surface area contributed by atoms with Crippen molar-refractivity contribution in [3.63, 3.8) is 0 Å². The van der Waals surface area contributed by atoms with E-state index in [0.717, 1.165) is 48.0 Å². The van der Waals surface area contributed by atoms with Gasteiger partial charge in [-0.15, -0.1) is 5.10 Å². The van der Waals surface area contributed by atoms with Crippen LogP contribution in [0.5, 0.6) is 0 Å². The lowest BCUT2D eigenvalue weighted by Crippen LogP contribution is -2.54. The Bertz CT molecular complexity index is 521. The summed E-state index contributed by atoms with van der Waals surface area (Å²) >= 11 is 1.84. The first kappa shape index (κ1) is 15.9. The predicted octanol–water partition coefficient (Wildman–Crippen LogP) is 3.05. The summed E-state index contributed by atoms with van der Waals surface area (Å²) in [6.07, 6.45) is 10.5. The number of hydrogen-bond acceptors (Lipinski definition) is 3. The zero-order valence-electron chi connectivity index (χ0n) is 14.3. The Hall–Kier alpha value is -0.550. The second kappa shape index (κ2) is 6.40. The van der Waals surface area contributed by atoms with Crippen LogP contribution in [0.1, 0.15) is 64.1 Å². The van der Waals surface area contributed by atoms with Gasteiger partial charge in [-0.2, -0.15) is 0 Å². The van der Waals surface area contributed by atoms with Crippen molar-refractivity contribution in [1.29, 1.82) is 0 Å². The van der Waals surface area contributed by atoms with Crippen LogP contribution in [0.25, 0.3) is 0 Å². The van der Waals surface area contributed by atoms with Crippen molar-refractivity contribution in [3.05, 3.63) is 5.82 Å². The minimum Gasteiger partial charge on any atom is -0.396 e. The zero-order valence-corrected chi connectivity index (χ0v) is 15.1. The molecule has 0 aromatic carbocycles. The number of aliphatic hydroxyl groups excluding tert-OH is 1. The number of thioether (sulfide) groups is 1. The molecule has 4 nitrogen and oxygen atoms in total. The van der Waals surface area contributed by atoms with Gasteiger partial charge in [0, 0.05) is 12.4 Å². The molecule has 4 aliphatic carbocycles. The van der Waals surface area contributed by atoms with Gasteiger partial charge in [0.25, 0.3) is 0 Å². The van der Waals surface area contributed by atoms with Crippen LogP contribution >= 0.6 is 11.8 Å². The molecule has 5 heteroatoms. The van der Waals surface area contributed by atoms with Crippen molar-refractivity contribution in [3.8, 4) is 0 Å². The summed E-state index contributed by atoms with van der Waals surface area (Å²) < 4.78 is 2.47. The van der Waals surface area contributed by atoms with E-state index in [4.69, 9.17) is 5.11 Å². The number of unbranched alkanes of at least 4 members (excludes halogenated alkanes) is 1. The average molecular weight is 337 g/mol. The van der Waals surface area contributed by atoms with E-state index >= 15 is 0 Å². The van der Waals surface area contributed by atoms with Crippen molar-refractivity contribution in [2.24, 2.45) is 17.8 Å². The lowest BCUT2D eigenvalue weighted by atomic mass is 9.49. The van der Waals surface area contributed by atoms with Crippen LogP contribution in [-0.4, -0.2) is 27.7 Å². The van der Waals surface area contributed by atoms with Gasteiger partial charge >= 0.3 is 5.16 Å². The third-order valence-electron chi connectivity index (χ3n) is 6.36. The summed E-state index contributed by atoms with van der Waals surface area (Å²) in [5.74, 6) is 5.34. The van der Waals surface area contributed by atoms with Crippen LogP contribution in [0.15, 0.2) is 5.16 Å². The number of nitrogens with one attached hydrogen (secondary N) is 1. The van der Waals surface area contributed by atoms with Gasteiger partial charge in [0.15, 0.2) is 0 Å². The first-order valence-electron chi connectivity index (χ1n) is 9.46. The van der Waals surface area contributed by atoms with Crippen LogP contribution in [0.4, 0.5) is 0 Å². The maximum atomic E-state index is 9.13. The van der Waals surface area contributed by atoms with Gasteiger partial charge in [-0.1, -0.05) is 6.92 Å². The average Bonchev–Trinajstić information content (AvgIpc) is 2.90. The molecule has 0 amide bonds. The van der Waals surface area contributed by atoms with Crippen LogP contribution in [0, 0.1) is 17.8 Å². The number of aliphatic hydroxyl groups is 1. The summed E-state index contributed by atoms with van der Waals surface area (Å²) in [4.78, 5) is 0. The number of rotatable bonds is 7. The Morgan fingerprint density at radius 2 is 1.83 bits per heavy atom. The van der Waals surface area contributed by atoms with Gasteiger partial charge in [-0.05, 0) is 80.9 Å². The monoisotopic (exact) mass is 336 g/mol. The van der Waals surface area contributed by atoms with Crippen LogP contribution in [-0.2, 0) is 12.0 Å². The highest BCUT2D eigenvalue weighted by Crippen LogP contribution is 2.59. The van der Waals surface area contributed by atoms with E-state index < -0.39 is 0 Å². The van der Waals surface area contributed by atoms with Crippen molar-refractivity contribution >= 4 is 11.8 Å². The predicted molar refractivity (Wildman–Crippen MR) is 91.4 cm³/mol. The fourth-order valence-corrected chi connectivity index (χ4v) is 6.66. The molecule has 5 rings (SSSR count). The Morgan fingerprint density at radius 3 is 2.39 bits per heavy atom. The molecule has 1 heterocycles. The molecule has 128 valence electrons. The van der Waals surface area contributed by atoms with Crippen molar-refractivity contribution < 1.29 is 9.67 Å². The van der Waals surface area contributed by atoms with Crippen LogP contribution in [0.2, 0.25) is 0 Å². The third-order valence-corrected chi connectivity index (χ3v) is 7.22. The van der Waals surface area contributed by atoms with Crippen molar-refractivity contribution in [2.45, 2.75) is 75.4 Å². The summed E-state index contributed by atoms with van der Waals surface area (Å²) in [5.41, 5.74) is 0.369. The molecule has 0 atom stereocenters. The van der Waals surface area contributed by atoms with E-state index in [1.807, 2.05) is 11.8 Å². The van der Waals surface area contributed by atoms with E-state index in [1.54, 1.807) is 0 Å². The van der Waals surface area contributed by atoms with Crippen molar-refractivity contribution in [2.75, 3.05) is 12.4 Å². The normalized spacial score (nSPS) is 35.1. The van der Waals surface area contributed by atoms with E-state index in [1.165, 1.54) is 44.3 Å². The van der Waals surface area contributed by atoms with Gasteiger partial charge in [0.1, 0.15) is 0 Å². The van der Waals surface area contributed by atoms with Crippen LogP contribution in [0.3, 0.4) is 0 Å². The topological polar surface area (TPSA) is 52.8 Å². The third kappa shape index (κ3) is 2.84. The van der Waals surface area contributed by atoms with Gasteiger partial charge in [0.05, 0.1) is 17.1 Å². The minimum absolute atomic E-state index is 0.293. The molecular formula is C18H30N3OS+. The number of nitrogens with zero attached hydrogens (tertiary/aromatic N) is 2. The second-order valence-corrected chi connectivity index (χ2v) is 9.30. The largest absolute Gasteiger partial charge is 0.396 e. The molecule has 4 aliphatic rings. The molecule has 1 aromatic heterocycles. The number of H-pyrrole nitrogens is 1. The number of aromatic nitrogens is 3. The lowest BCUT2D eigenvalue weighted by Gasteiger charge is -2.55. The molecule has 0 aliphatic heterocycles. The molecule has 4 bridgehead atoms. The maximum Gasteiger partial charge on any atom is 0.336 e. The number of aromatic amines is 1. The SMILES string of the molecule is CCSc1n[nH]c(C23CC4CC(CC(C4)C2)C3)[n+]1CCCCO. The van der Waals surface area contributed by atoms with Crippen molar-refractivity contribution in [1.82, 2.24) is 10.2 Å². The Kier molecular flexibility index (Phi) is 4.43. The fourth-order valence-electron chi connectivity index (χ4n) is 5.95. The Morgan fingerprint density at radius 1 is 1.17 bits per heavy atom. The fraction of sp³-hybridized carbons (Fsp3) is 0.889. The molecule has 0 unspecified atom stereocenters. The van der Waals surface area contributed by atoms with E-state index in [0.29, 0.717) is 12.0 Å². The molecule has 23 heavy (non-hydrogen) atoms. The first-order valence-corrected chi connectivity index (χ1v) is 10.4. The van der Waals surface area contributed by atoms with Gasteiger partial charge in [-0.3, -0.25) is 0 Å². The smallest absolute Gasteiger partial charge is 0.336 e. The standard InChI is InChI=1S/C18H29N3OS/c1-2-23-17-20-19-16(21(17)5-3-4-6-22)18-10-13-7-14(11-18)9-15(8-13)12-18/h13-15,22H,2-12H2,1H3/p+1. The first-order chi connectivity index (χ1) is 11.2. The molecule has 0 saturated heterocycles. The van der Waals surface area contributed by atoms with Crippen LogP contribution < -0.4 is 4.57 Å². The lowest BCUT2D eigenvalue weighted by molar-refractivity contribution is -0.744. The van der Waals surface area contributed by atoms with E-state index in [9.17, 15) is 0 Å². The summed E-state index contributed by atoms with van der Waals surface area (Å²) in [6, 6.07) is 0. The van der Waals surface area contributed by atoms with E-state index in [-0.39, 0.29) is 0 Å². The highest BCUT2D eigenvalue weighted by molar-refractivity contribution is 7.99. The molecule has 4 fully saturated rings. The van der Waals surface area contributed by atoms with Gasteiger partial charge in [0.2, 0.25) is 5.82 Å².